The number of esters is 1. The highest BCUT2D eigenvalue weighted by Gasteiger charge is 2.46. The Balaban J connectivity index is 1.82. The van der Waals surface area contributed by atoms with E-state index in [1.165, 1.54) is 25.3 Å². The fourth-order valence-electron chi connectivity index (χ4n) is 3.83. The molecular formula is C24H25O13+. The smallest absolute Gasteiger partial charge is 0.402 e. The molecule has 0 bridgehead atoms. The molecule has 13 heteroatoms. The van der Waals surface area contributed by atoms with Crippen LogP contribution in [0.15, 0.2) is 34.7 Å². The first-order chi connectivity index (χ1) is 17.5. The number of aromatic hydroxyl groups is 4. The van der Waals surface area contributed by atoms with Gasteiger partial charge in [-0.2, -0.15) is 0 Å². The summed E-state index contributed by atoms with van der Waals surface area (Å²) < 4.78 is 27.1. The molecule has 2 aromatic carbocycles. The Kier molecular flexibility index (Phi) is 7.14. The number of aliphatic hydroxyl groups is 3. The van der Waals surface area contributed by atoms with Gasteiger partial charge in [0.1, 0.15) is 47.9 Å². The molecule has 1 aliphatic rings. The van der Waals surface area contributed by atoms with Gasteiger partial charge in [0.05, 0.1) is 18.7 Å². The molecule has 4 rings (SSSR count). The van der Waals surface area contributed by atoms with E-state index in [2.05, 4.69) is 0 Å². The molecule has 2 heterocycles. The average molecular weight is 521 g/mol. The van der Waals surface area contributed by atoms with Gasteiger partial charge in [-0.1, -0.05) is 0 Å². The van der Waals surface area contributed by atoms with Crippen LogP contribution in [0.1, 0.15) is 6.92 Å². The summed E-state index contributed by atoms with van der Waals surface area (Å²) in [5.74, 6) is -2.89. The van der Waals surface area contributed by atoms with Crippen molar-refractivity contribution in [1.29, 1.82) is 0 Å². The van der Waals surface area contributed by atoms with Gasteiger partial charge in [-0.05, 0) is 0 Å². The molecule has 37 heavy (non-hydrogen) atoms. The lowest BCUT2D eigenvalue weighted by Crippen LogP contribution is -2.60. The van der Waals surface area contributed by atoms with Crippen LogP contribution in [0.3, 0.4) is 0 Å². The van der Waals surface area contributed by atoms with Crippen molar-refractivity contribution in [3.63, 3.8) is 0 Å². The van der Waals surface area contributed by atoms with E-state index < -0.39 is 54.8 Å². The van der Waals surface area contributed by atoms with Crippen LogP contribution in [-0.2, 0) is 14.3 Å². The average Bonchev–Trinajstić information content (AvgIpc) is 2.85. The number of methoxy groups -OCH3 is 1. The highest BCUT2D eigenvalue weighted by atomic mass is 16.7. The van der Waals surface area contributed by atoms with Gasteiger partial charge in [-0.3, -0.25) is 4.79 Å². The number of phenolic OH excluding ortho intramolecular Hbond substituents is 4. The Morgan fingerprint density at radius 2 is 1.68 bits per heavy atom. The fraction of sp³-hybridized carbons (Fsp3) is 0.333. The summed E-state index contributed by atoms with van der Waals surface area (Å²) in [6.45, 7) is 0.696. The third-order valence-corrected chi connectivity index (χ3v) is 5.72. The number of carbonyl (C=O) groups excluding carboxylic acids is 1. The van der Waals surface area contributed by atoms with Crippen LogP contribution in [0.4, 0.5) is 0 Å². The van der Waals surface area contributed by atoms with E-state index in [0.29, 0.717) is 0 Å². The maximum Gasteiger partial charge on any atom is 0.402 e. The van der Waals surface area contributed by atoms with Gasteiger partial charge in [0.2, 0.25) is 17.8 Å². The lowest BCUT2D eigenvalue weighted by Gasteiger charge is -2.39. The van der Waals surface area contributed by atoms with Crippen molar-refractivity contribution in [2.24, 2.45) is 0 Å². The zero-order chi connectivity index (χ0) is 27.0. The molecule has 0 amide bonds. The van der Waals surface area contributed by atoms with Gasteiger partial charge in [0.15, 0.2) is 11.5 Å². The molecule has 0 spiro atoms. The van der Waals surface area contributed by atoms with Crippen LogP contribution < -0.4 is 9.47 Å². The number of hydrogen-bond donors (Lipinski definition) is 7. The molecule has 1 aliphatic heterocycles. The summed E-state index contributed by atoms with van der Waals surface area (Å²) >= 11 is 0. The molecule has 0 radical (unpaired) electrons. The van der Waals surface area contributed by atoms with Gasteiger partial charge in [0.25, 0.3) is 0 Å². The molecule has 1 fully saturated rings. The molecule has 7 N–H and O–H groups in total. The summed E-state index contributed by atoms with van der Waals surface area (Å²) in [4.78, 5) is 11.2. The summed E-state index contributed by atoms with van der Waals surface area (Å²) in [6.07, 6.45) is -8.03. The van der Waals surface area contributed by atoms with E-state index in [1.54, 1.807) is 0 Å². The Morgan fingerprint density at radius 3 is 2.35 bits per heavy atom. The van der Waals surface area contributed by atoms with Crippen LogP contribution in [0.2, 0.25) is 0 Å². The predicted octanol–water partition coefficient (Wildman–Crippen LogP) is 0.961. The second-order valence-corrected chi connectivity index (χ2v) is 8.30. The molecule has 1 saturated heterocycles. The van der Waals surface area contributed by atoms with Crippen LogP contribution in [0, 0.1) is 0 Å². The minimum atomic E-state index is -1.77. The van der Waals surface area contributed by atoms with Crippen molar-refractivity contribution in [2.45, 2.75) is 37.6 Å². The molecule has 198 valence electrons. The highest BCUT2D eigenvalue weighted by Crippen LogP contribution is 2.45. The molecule has 0 saturated carbocycles. The predicted molar refractivity (Wildman–Crippen MR) is 123 cm³/mol. The fourth-order valence-corrected chi connectivity index (χ4v) is 3.83. The first-order valence-electron chi connectivity index (χ1n) is 10.9. The number of rotatable bonds is 6. The van der Waals surface area contributed by atoms with Crippen molar-refractivity contribution in [3.05, 3.63) is 30.3 Å². The van der Waals surface area contributed by atoms with Crippen LogP contribution in [-0.4, -0.2) is 86.1 Å². The van der Waals surface area contributed by atoms with Crippen molar-refractivity contribution in [1.82, 2.24) is 0 Å². The zero-order valence-electron chi connectivity index (χ0n) is 19.6. The van der Waals surface area contributed by atoms with E-state index >= 15 is 0 Å². The number of ether oxygens (including phenoxy) is 4. The monoisotopic (exact) mass is 521 g/mol. The Morgan fingerprint density at radius 1 is 0.946 bits per heavy atom. The number of aliphatic hydroxyl groups excluding tert-OH is 3. The quantitative estimate of drug-likeness (QED) is 0.137. The van der Waals surface area contributed by atoms with E-state index in [0.717, 1.165) is 19.1 Å². The minimum Gasteiger partial charge on any atom is -0.507 e. The molecule has 13 nitrogen and oxygen atoms in total. The second-order valence-electron chi connectivity index (χ2n) is 8.30. The molecule has 3 aromatic rings. The molecule has 1 aromatic heterocycles. The summed E-state index contributed by atoms with van der Waals surface area (Å²) in [7, 11) is 1.26. The molecule has 0 aliphatic carbocycles. The summed E-state index contributed by atoms with van der Waals surface area (Å²) in [5.41, 5.74) is 0.105. The minimum absolute atomic E-state index is 0.000292. The van der Waals surface area contributed by atoms with Crippen molar-refractivity contribution in [2.75, 3.05) is 13.7 Å². The third-order valence-electron chi connectivity index (χ3n) is 5.72. The first kappa shape index (κ1) is 26.0. The zero-order valence-corrected chi connectivity index (χ0v) is 19.6. The van der Waals surface area contributed by atoms with Crippen molar-refractivity contribution >= 4 is 16.9 Å². The first-order valence-corrected chi connectivity index (χ1v) is 10.9. The Bertz CT molecular complexity index is 1320. The Labute approximate surface area is 208 Å². The van der Waals surface area contributed by atoms with Gasteiger partial charge < -0.3 is 54.7 Å². The van der Waals surface area contributed by atoms with E-state index in [-0.39, 0.29) is 45.3 Å². The second kappa shape index (κ2) is 10.1. The lowest BCUT2D eigenvalue weighted by molar-refractivity contribution is -0.278. The third kappa shape index (κ3) is 5.11. The van der Waals surface area contributed by atoms with Gasteiger partial charge in [-0.25, -0.2) is 4.42 Å². The van der Waals surface area contributed by atoms with Crippen molar-refractivity contribution < 1.29 is 63.9 Å². The van der Waals surface area contributed by atoms with Gasteiger partial charge >= 0.3 is 17.3 Å². The summed E-state index contributed by atoms with van der Waals surface area (Å²) in [5, 5.41) is 71.6. The molecule has 5 atom stereocenters. The Hall–Kier alpha value is -4.04. The van der Waals surface area contributed by atoms with Crippen LogP contribution >= 0.6 is 0 Å². The molecule has 3 unspecified atom stereocenters. The lowest BCUT2D eigenvalue weighted by atomic mass is 9.99. The van der Waals surface area contributed by atoms with E-state index in [4.69, 9.17) is 23.4 Å². The largest absolute Gasteiger partial charge is 0.507 e. The number of carbonyl (C=O) groups is 1. The number of hydrogen-bond acceptors (Lipinski definition) is 12. The maximum absolute atomic E-state index is 11.2. The number of fused-ring (bicyclic) bond motifs is 1. The molecular weight excluding hydrogens is 496 g/mol. The van der Waals surface area contributed by atoms with Gasteiger partial charge in [0, 0.05) is 31.2 Å². The maximum atomic E-state index is 11.2. The van der Waals surface area contributed by atoms with Gasteiger partial charge in [-0.15, -0.1) is 0 Å². The van der Waals surface area contributed by atoms with Crippen LogP contribution in [0.5, 0.6) is 34.5 Å². The SMILES string of the molecule is COc1cc(-c2[o+]c3cc(O)cc(O)c3cc2O[C@@H]2OC(COC(C)=O)[C@@H](O)C(O)C2O)cc(O)c1O. The van der Waals surface area contributed by atoms with E-state index in [1.807, 2.05) is 0 Å². The highest BCUT2D eigenvalue weighted by molar-refractivity contribution is 5.88. The topological polar surface area (TPSA) is 207 Å². The number of benzene rings is 2. The van der Waals surface area contributed by atoms with Crippen LogP contribution in [0.25, 0.3) is 22.3 Å². The number of phenols is 4. The standard InChI is InChI=1S/C24H24O13/c1-9(25)34-8-18-20(30)21(31)22(32)24(37-18)36-17-7-12-13(27)5-11(26)6-15(12)35-23(17)10-3-14(28)19(29)16(4-10)33-2/h3-7,18,20-22,24,30-32H,8H2,1-2H3,(H3-,26,27,28,29)/p+1/t18?,20-,21?,22?,24-/m1/s1. The van der Waals surface area contributed by atoms with E-state index in [9.17, 15) is 40.5 Å². The van der Waals surface area contributed by atoms with Crippen molar-refractivity contribution in [3.8, 4) is 45.8 Å². The summed E-state index contributed by atoms with van der Waals surface area (Å²) in [6, 6.07) is 5.97. The normalized spacial score (nSPS) is 23.5.